The lowest BCUT2D eigenvalue weighted by atomic mass is 9.95. The Kier molecular flexibility index (Phi) is 7.45. The van der Waals surface area contributed by atoms with Crippen LogP contribution in [0.1, 0.15) is 95.2 Å². The molecule has 3 aromatic rings. The normalized spacial score (nSPS) is 19.5. The van der Waals surface area contributed by atoms with E-state index in [1.807, 2.05) is 0 Å². The van der Waals surface area contributed by atoms with Gasteiger partial charge in [-0.15, -0.1) is 0 Å². The molecule has 192 valence electrons. The number of hydrogen-bond acceptors (Lipinski definition) is 0. The Labute approximate surface area is 226 Å². The van der Waals surface area contributed by atoms with Crippen LogP contribution in [0.25, 0.3) is 0 Å². The second kappa shape index (κ2) is 10.6. The molecule has 0 nitrogen and oxygen atoms in total. The van der Waals surface area contributed by atoms with Gasteiger partial charge in [-0.05, 0) is 80.7 Å². The van der Waals surface area contributed by atoms with Crippen LogP contribution < -0.4 is 15.6 Å². The van der Waals surface area contributed by atoms with Crippen LogP contribution in [0.4, 0.5) is 0 Å². The molecule has 2 unspecified atom stereocenters. The van der Waals surface area contributed by atoms with Gasteiger partial charge in [0.15, 0.2) is 8.07 Å². The third-order valence-electron chi connectivity index (χ3n) is 9.07. The lowest BCUT2D eigenvalue weighted by Crippen LogP contribution is -2.70. The quantitative estimate of drug-likeness (QED) is 0.225. The van der Waals surface area contributed by atoms with E-state index in [0.29, 0.717) is 29.2 Å². The average Bonchev–Trinajstić information content (AvgIpc) is 3.34. The van der Waals surface area contributed by atoms with Gasteiger partial charge in [-0.2, -0.15) is 0 Å². The largest absolute Gasteiger partial charge is 0.155 e. The fourth-order valence-electron chi connectivity index (χ4n) is 6.91. The summed E-state index contributed by atoms with van der Waals surface area (Å²) in [5.74, 6) is 2.26. The molecule has 3 aromatic carbocycles. The molecular weight excluding hydrogens is 460 g/mol. The van der Waals surface area contributed by atoms with Crippen LogP contribution in [-0.2, 0) is 0 Å². The highest BCUT2D eigenvalue weighted by atomic mass is 28.3. The highest BCUT2D eigenvalue weighted by Crippen LogP contribution is 2.49. The van der Waals surface area contributed by atoms with Crippen molar-refractivity contribution in [1.29, 1.82) is 0 Å². The van der Waals surface area contributed by atoms with Crippen molar-refractivity contribution >= 4 is 23.6 Å². The summed E-state index contributed by atoms with van der Waals surface area (Å²) in [5, 5.41) is 4.75. The molecule has 0 radical (unpaired) electrons. The third-order valence-corrected chi connectivity index (χ3v) is 14.4. The Morgan fingerprint density at radius 2 is 1.08 bits per heavy atom. The van der Waals surface area contributed by atoms with Crippen molar-refractivity contribution in [3.8, 4) is 0 Å². The van der Waals surface area contributed by atoms with Gasteiger partial charge in [0, 0.05) is 0 Å². The SMILES string of the molecule is CC(C)c1cccc([Si](c2cccc(C(C)C)c2)(c2cccc(C(C)C)c2)C2CCC3CC=CC=C32)c1. The fourth-order valence-corrected chi connectivity index (χ4v) is 12.8. The summed E-state index contributed by atoms with van der Waals surface area (Å²) in [6.07, 6.45) is 11.0. The molecule has 2 aliphatic rings. The predicted molar refractivity (Wildman–Crippen MR) is 165 cm³/mol. The molecule has 0 heterocycles. The second-order valence-electron chi connectivity index (χ2n) is 12.3. The summed E-state index contributed by atoms with van der Waals surface area (Å²) in [7, 11) is -2.43. The Morgan fingerprint density at radius 1 is 0.622 bits per heavy atom. The van der Waals surface area contributed by atoms with Crippen LogP contribution in [0, 0.1) is 5.92 Å². The Bertz CT molecular complexity index is 1180. The van der Waals surface area contributed by atoms with Crippen molar-refractivity contribution in [2.45, 2.75) is 84.1 Å². The summed E-state index contributed by atoms with van der Waals surface area (Å²) < 4.78 is 0. The van der Waals surface area contributed by atoms with Gasteiger partial charge in [-0.1, -0.05) is 138 Å². The fraction of sp³-hybridized carbons (Fsp3) is 0.389. The number of benzene rings is 3. The molecule has 0 saturated heterocycles. The Balaban J connectivity index is 1.89. The van der Waals surface area contributed by atoms with Gasteiger partial charge in [0.25, 0.3) is 0 Å². The highest BCUT2D eigenvalue weighted by Gasteiger charge is 2.51. The van der Waals surface area contributed by atoms with Crippen LogP contribution in [0.15, 0.2) is 96.6 Å². The first-order chi connectivity index (χ1) is 17.8. The Morgan fingerprint density at radius 3 is 1.51 bits per heavy atom. The molecule has 0 aromatic heterocycles. The Hall–Kier alpha value is -2.64. The monoisotopic (exact) mass is 504 g/mol. The van der Waals surface area contributed by atoms with Gasteiger partial charge in [-0.25, -0.2) is 0 Å². The van der Waals surface area contributed by atoms with E-state index in [2.05, 4.69) is 133 Å². The van der Waals surface area contributed by atoms with Crippen LogP contribution in [0.5, 0.6) is 0 Å². The molecule has 0 bridgehead atoms. The van der Waals surface area contributed by atoms with E-state index in [4.69, 9.17) is 0 Å². The number of hydrogen-bond donors (Lipinski definition) is 0. The summed E-state index contributed by atoms with van der Waals surface area (Å²) >= 11 is 0. The number of rotatable bonds is 7. The van der Waals surface area contributed by atoms with Crippen molar-refractivity contribution < 1.29 is 0 Å². The molecular formula is C36H44Si. The molecule has 0 amide bonds. The van der Waals surface area contributed by atoms with Gasteiger partial charge in [-0.3, -0.25) is 0 Å². The molecule has 1 fully saturated rings. The molecule has 2 atom stereocenters. The van der Waals surface area contributed by atoms with Crippen molar-refractivity contribution in [1.82, 2.24) is 0 Å². The van der Waals surface area contributed by atoms with Gasteiger partial charge in [0.1, 0.15) is 0 Å². The molecule has 2 aliphatic carbocycles. The topological polar surface area (TPSA) is 0 Å². The van der Waals surface area contributed by atoms with Crippen LogP contribution in [0.3, 0.4) is 0 Å². The average molecular weight is 505 g/mol. The standard InChI is InChI=1S/C36H44Si/c1-25(2)29-13-9-16-32(22-29)37(33-17-10-14-30(23-33)26(3)4,34-18-11-15-31(24-34)27(5)6)36-21-20-28-12-7-8-19-35(28)36/h7-11,13-19,22-28,36H,12,20-21H2,1-6H3. The van der Waals surface area contributed by atoms with Crippen LogP contribution in [-0.4, -0.2) is 8.07 Å². The van der Waals surface area contributed by atoms with Crippen LogP contribution in [0.2, 0.25) is 5.54 Å². The molecule has 5 rings (SSSR count). The minimum Gasteiger partial charge on any atom is -0.0839 e. The lowest BCUT2D eigenvalue weighted by Gasteiger charge is -2.41. The van der Waals surface area contributed by atoms with E-state index in [1.165, 1.54) is 36.0 Å². The number of fused-ring (bicyclic) bond motifs is 1. The van der Waals surface area contributed by atoms with Gasteiger partial charge in [0.05, 0.1) is 0 Å². The maximum atomic E-state index is 2.59. The van der Waals surface area contributed by atoms with E-state index in [1.54, 1.807) is 21.1 Å². The molecule has 0 spiro atoms. The van der Waals surface area contributed by atoms with Gasteiger partial charge < -0.3 is 0 Å². The smallest absolute Gasteiger partial charge is 0.0839 e. The maximum absolute atomic E-state index is 2.59. The van der Waals surface area contributed by atoms with Crippen molar-refractivity contribution in [2.75, 3.05) is 0 Å². The van der Waals surface area contributed by atoms with E-state index < -0.39 is 8.07 Å². The van der Waals surface area contributed by atoms with Gasteiger partial charge >= 0.3 is 0 Å². The van der Waals surface area contributed by atoms with E-state index in [9.17, 15) is 0 Å². The number of allylic oxidation sites excluding steroid dienone is 4. The van der Waals surface area contributed by atoms with E-state index >= 15 is 0 Å². The minimum atomic E-state index is -2.43. The maximum Gasteiger partial charge on any atom is 0.155 e. The summed E-state index contributed by atoms with van der Waals surface area (Å²) in [5.41, 5.74) is 6.67. The third kappa shape index (κ3) is 4.72. The molecule has 0 aliphatic heterocycles. The zero-order chi connectivity index (χ0) is 26.2. The van der Waals surface area contributed by atoms with E-state index in [0.717, 1.165) is 0 Å². The van der Waals surface area contributed by atoms with Crippen molar-refractivity contribution in [2.24, 2.45) is 5.92 Å². The summed E-state index contributed by atoms with van der Waals surface area (Å²) in [4.78, 5) is 0. The zero-order valence-electron chi connectivity index (χ0n) is 23.7. The molecule has 1 heteroatoms. The molecule has 37 heavy (non-hydrogen) atoms. The molecule has 0 N–H and O–H groups in total. The predicted octanol–water partition coefficient (Wildman–Crippen LogP) is 8.19. The van der Waals surface area contributed by atoms with Gasteiger partial charge in [0.2, 0.25) is 0 Å². The first kappa shape index (κ1) is 26.0. The zero-order valence-corrected chi connectivity index (χ0v) is 24.7. The first-order valence-electron chi connectivity index (χ1n) is 14.5. The highest BCUT2D eigenvalue weighted by molar-refractivity contribution is 7.12. The minimum absolute atomic E-state index is 0.517. The second-order valence-corrected chi connectivity index (χ2v) is 16.4. The molecule has 1 saturated carbocycles. The summed E-state index contributed by atoms with van der Waals surface area (Å²) in [6.45, 7) is 14.0. The summed E-state index contributed by atoms with van der Waals surface area (Å²) in [6, 6.07) is 29.2. The first-order valence-corrected chi connectivity index (χ1v) is 16.6. The van der Waals surface area contributed by atoms with E-state index in [-0.39, 0.29) is 0 Å². The van der Waals surface area contributed by atoms with Crippen LogP contribution >= 0.6 is 0 Å². The van der Waals surface area contributed by atoms with Crippen molar-refractivity contribution in [3.05, 3.63) is 113 Å². The van der Waals surface area contributed by atoms with Crippen molar-refractivity contribution in [3.63, 3.8) is 0 Å². The lowest BCUT2D eigenvalue weighted by molar-refractivity contribution is 0.633.